The molecule has 0 aliphatic carbocycles. The number of rotatable bonds is 5. The van der Waals surface area contributed by atoms with Crippen molar-refractivity contribution in [3.05, 3.63) is 99.4 Å². The third-order valence-electron chi connectivity index (χ3n) is 5.27. The zero-order valence-corrected chi connectivity index (χ0v) is 18.4. The van der Waals surface area contributed by atoms with Gasteiger partial charge in [-0.25, -0.2) is 4.98 Å². The van der Waals surface area contributed by atoms with E-state index in [2.05, 4.69) is 11.1 Å². The lowest BCUT2D eigenvalue weighted by Crippen LogP contribution is -2.25. The number of nitrogens with zero attached hydrogens (tertiary/aromatic N) is 2. The number of carbonyl (C=O) groups excluding carboxylic acids is 1. The number of carbonyl (C=O) groups is 1. The van der Waals surface area contributed by atoms with Crippen LogP contribution in [0.5, 0.6) is 0 Å². The van der Waals surface area contributed by atoms with Gasteiger partial charge in [0.2, 0.25) is 0 Å². The maximum atomic E-state index is 13.2. The lowest BCUT2D eigenvalue weighted by molar-refractivity contribution is -0.145. The van der Waals surface area contributed by atoms with E-state index in [9.17, 15) is 9.59 Å². The van der Waals surface area contributed by atoms with Gasteiger partial charge in [0.1, 0.15) is 18.0 Å². The molecule has 7 heteroatoms. The van der Waals surface area contributed by atoms with Crippen LogP contribution >= 0.6 is 22.9 Å². The average molecular weight is 461 g/mol. The van der Waals surface area contributed by atoms with E-state index in [-0.39, 0.29) is 18.7 Å². The molecule has 0 saturated carbocycles. The summed E-state index contributed by atoms with van der Waals surface area (Å²) >= 11 is 7.51. The fourth-order valence-electron chi connectivity index (χ4n) is 3.61. The van der Waals surface area contributed by atoms with E-state index in [1.165, 1.54) is 22.2 Å². The summed E-state index contributed by atoms with van der Waals surface area (Å²) < 4.78 is 6.60. The first-order chi connectivity index (χ1) is 15.6. The third-order valence-corrected chi connectivity index (χ3v) is 6.52. The summed E-state index contributed by atoms with van der Waals surface area (Å²) in [7, 11) is 0. The second kappa shape index (κ2) is 8.57. The summed E-state index contributed by atoms with van der Waals surface area (Å²) in [4.78, 5) is 30.6. The molecule has 0 radical (unpaired) electrons. The number of aromatic nitrogens is 2. The van der Waals surface area contributed by atoms with E-state index < -0.39 is 5.97 Å². The monoisotopic (exact) mass is 460 g/mol. The van der Waals surface area contributed by atoms with Crippen LogP contribution in [0.15, 0.2) is 83.2 Å². The fourth-order valence-corrected chi connectivity index (χ4v) is 4.70. The molecule has 0 unspecified atom stereocenters. The second-order valence-electron chi connectivity index (χ2n) is 7.32. The van der Waals surface area contributed by atoms with Gasteiger partial charge in [-0.1, -0.05) is 66.2 Å². The van der Waals surface area contributed by atoms with E-state index in [0.717, 1.165) is 21.9 Å². The van der Waals surface area contributed by atoms with E-state index in [4.69, 9.17) is 16.3 Å². The predicted molar refractivity (Wildman–Crippen MR) is 128 cm³/mol. The minimum atomic E-state index is -0.532. The van der Waals surface area contributed by atoms with Crippen molar-refractivity contribution >= 4 is 49.9 Å². The molecular formula is C25H17ClN2O3S. The third kappa shape index (κ3) is 3.90. The number of halogens is 1. The van der Waals surface area contributed by atoms with Gasteiger partial charge < -0.3 is 4.74 Å². The van der Waals surface area contributed by atoms with Crippen molar-refractivity contribution in [3.63, 3.8) is 0 Å². The summed E-state index contributed by atoms with van der Waals surface area (Å²) in [5.41, 5.74) is 2.19. The van der Waals surface area contributed by atoms with Gasteiger partial charge >= 0.3 is 5.97 Å². The van der Waals surface area contributed by atoms with Gasteiger partial charge in [0.25, 0.3) is 5.56 Å². The molecule has 0 aliphatic heterocycles. The summed E-state index contributed by atoms with van der Waals surface area (Å²) in [6.45, 7) is -0.178. The van der Waals surface area contributed by atoms with Crippen molar-refractivity contribution in [1.82, 2.24) is 9.55 Å². The lowest BCUT2D eigenvalue weighted by Gasteiger charge is -2.08. The van der Waals surface area contributed by atoms with Gasteiger partial charge in [0.05, 0.1) is 11.7 Å². The molecule has 5 rings (SSSR count). The van der Waals surface area contributed by atoms with Gasteiger partial charge in [0.15, 0.2) is 0 Å². The largest absolute Gasteiger partial charge is 0.459 e. The van der Waals surface area contributed by atoms with Crippen molar-refractivity contribution in [3.8, 4) is 11.1 Å². The smallest absolute Gasteiger partial charge is 0.326 e. The maximum absolute atomic E-state index is 13.2. The molecule has 0 N–H and O–H groups in total. The Morgan fingerprint density at radius 1 is 1.03 bits per heavy atom. The van der Waals surface area contributed by atoms with E-state index in [1.807, 2.05) is 53.9 Å². The van der Waals surface area contributed by atoms with Gasteiger partial charge in [0, 0.05) is 21.5 Å². The highest BCUT2D eigenvalue weighted by Gasteiger charge is 2.16. The Bertz CT molecular complexity index is 1520. The highest BCUT2D eigenvalue weighted by Crippen LogP contribution is 2.32. The van der Waals surface area contributed by atoms with Crippen molar-refractivity contribution < 1.29 is 9.53 Å². The molecule has 32 heavy (non-hydrogen) atoms. The molecular weight excluding hydrogens is 444 g/mol. The van der Waals surface area contributed by atoms with Gasteiger partial charge in [-0.05, 0) is 28.5 Å². The number of hydrogen-bond donors (Lipinski definition) is 0. The highest BCUT2D eigenvalue weighted by molar-refractivity contribution is 7.17. The number of fused-ring (bicyclic) bond motifs is 2. The number of hydrogen-bond acceptors (Lipinski definition) is 5. The molecule has 3 aromatic carbocycles. The molecule has 2 aromatic heterocycles. The molecule has 0 atom stereocenters. The zero-order valence-electron chi connectivity index (χ0n) is 16.8. The molecule has 0 saturated heterocycles. The fraction of sp³-hybridized carbons (Fsp3) is 0.0800. The summed E-state index contributed by atoms with van der Waals surface area (Å²) in [6, 6.07) is 21.3. The maximum Gasteiger partial charge on any atom is 0.326 e. The quantitative estimate of drug-likeness (QED) is 0.317. The minimum Gasteiger partial charge on any atom is -0.459 e. The summed E-state index contributed by atoms with van der Waals surface area (Å²) in [6.07, 6.45) is 1.39. The Balaban J connectivity index is 1.44. The van der Waals surface area contributed by atoms with Crippen LogP contribution in [-0.4, -0.2) is 15.5 Å². The standard InChI is InChI=1S/C25H17ClN2O3S/c26-21-8-4-3-7-19(21)13-31-22(29)12-28-15-27-24-23(25(28)30)20(14-32-24)18-10-9-16-5-1-2-6-17(16)11-18/h1-11,14-15H,12-13H2. The van der Waals surface area contributed by atoms with Crippen molar-refractivity contribution in [2.75, 3.05) is 0 Å². The van der Waals surface area contributed by atoms with Crippen molar-refractivity contribution in [1.29, 1.82) is 0 Å². The SMILES string of the molecule is O=C(Cn1cnc2scc(-c3ccc4ccccc4c3)c2c1=O)OCc1ccccc1Cl. The van der Waals surface area contributed by atoms with Crippen LogP contribution in [-0.2, 0) is 22.7 Å². The van der Waals surface area contributed by atoms with Crippen LogP contribution in [0, 0.1) is 0 Å². The molecule has 0 fully saturated rings. The van der Waals surface area contributed by atoms with Crippen LogP contribution < -0.4 is 5.56 Å². The Kier molecular flexibility index (Phi) is 5.47. The number of thiophene rings is 1. The van der Waals surface area contributed by atoms with Crippen molar-refractivity contribution in [2.24, 2.45) is 0 Å². The normalized spacial score (nSPS) is 11.2. The van der Waals surface area contributed by atoms with Gasteiger partial charge in [-0.2, -0.15) is 0 Å². The number of ether oxygens (including phenoxy) is 1. The molecule has 2 heterocycles. The number of esters is 1. The molecule has 0 aliphatic rings. The Morgan fingerprint density at radius 3 is 2.66 bits per heavy atom. The van der Waals surface area contributed by atoms with Crippen molar-refractivity contribution in [2.45, 2.75) is 13.2 Å². The molecule has 0 amide bonds. The van der Waals surface area contributed by atoms with Crippen LogP contribution in [0.25, 0.3) is 32.1 Å². The molecule has 158 valence electrons. The highest BCUT2D eigenvalue weighted by atomic mass is 35.5. The summed E-state index contributed by atoms with van der Waals surface area (Å²) in [5, 5.41) is 5.19. The Labute approximate surface area is 192 Å². The average Bonchev–Trinajstić information content (AvgIpc) is 3.25. The van der Waals surface area contributed by atoms with Crippen LogP contribution in [0.4, 0.5) is 0 Å². The molecule has 0 spiro atoms. The van der Waals surface area contributed by atoms with Gasteiger partial charge in [-0.3, -0.25) is 14.2 Å². The van der Waals surface area contributed by atoms with E-state index in [0.29, 0.717) is 20.8 Å². The van der Waals surface area contributed by atoms with Crippen LogP contribution in [0.2, 0.25) is 5.02 Å². The minimum absolute atomic E-state index is 0.0454. The predicted octanol–water partition coefficient (Wildman–Crippen LogP) is 5.68. The first kappa shape index (κ1) is 20.4. The topological polar surface area (TPSA) is 61.2 Å². The summed E-state index contributed by atoms with van der Waals surface area (Å²) in [5.74, 6) is -0.532. The second-order valence-corrected chi connectivity index (χ2v) is 8.59. The molecule has 0 bridgehead atoms. The number of benzene rings is 3. The van der Waals surface area contributed by atoms with E-state index >= 15 is 0 Å². The van der Waals surface area contributed by atoms with Crippen LogP contribution in [0.3, 0.4) is 0 Å². The lowest BCUT2D eigenvalue weighted by atomic mass is 10.0. The Hall–Kier alpha value is -3.48. The Morgan fingerprint density at radius 2 is 1.81 bits per heavy atom. The van der Waals surface area contributed by atoms with Gasteiger partial charge in [-0.15, -0.1) is 11.3 Å². The molecule has 5 nitrogen and oxygen atoms in total. The van der Waals surface area contributed by atoms with Crippen LogP contribution in [0.1, 0.15) is 5.56 Å². The first-order valence-electron chi connectivity index (χ1n) is 9.95. The molecule has 5 aromatic rings. The zero-order chi connectivity index (χ0) is 22.1. The first-order valence-corrected chi connectivity index (χ1v) is 11.2. The van der Waals surface area contributed by atoms with E-state index in [1.54, 1.807) is 12.1 Å².